The van der Waals surface area contributed by atoms with Gasteiger partial charge in [0, 0.05) is 12.5 Å². The van der Waals surface area contributed by atoms with E-state index in [1.807, 2.05) is 0 Å². The Labute approximate surface area is 97.8 Å². The van der Waals surface area contributed by atoms with Gasteiger partial charge in [-0.2, -0.15) is 0 Å². The van der Waals surface area contributed by atoms with E-state index in [0.29, 0.717) is 12.3 Å². The van der Waals surface area contributed by atoms with E-state index < -0.39 is 5.97 Å². The van der Waals surface area contributed by atoms with Crippen LogP contribution in [0.4, 0.5) is 0 Å². The summed E-state index contributed by atoms with van der Waals surface area (Å²) in [4.78, 5) is 13.2. The third-order valence-electron chi connectivity index (χ3n) is 4.20. The first-order valence-electron chi connectivity index (χ1n) is 6.71. The average Bonchev–Trinajstić information content (AvgIpc) is 2.30. The van der Waals surface area contributed by atoms with Crippen LogP contribution in [0.1, 0.15) is 51.4 Å². The van der Waals surface area contributed by atoms with Crippen molar-refractivity contribution in [3.05, 3.63) is 0 Å². The fourth-order valence-electron chi connectivity index (χ4n) is 3.22. The maximum atomic E-state index is 10.6. The fourth-order valence-corrected chi connectivity index (χ4v) is 3.22. The van der Waals surface area contributed by atoms with E-state index in [0.717, 1.165) is 32.0 Å². The fraction of sp³-hybridized carbons (Fsp3) is 0.923. The van der Waals surface area contributed by atoms with E-state index >= 15 is 0 Å². The lowest BCUT2D eigenvalue weighted by atomic mass is 9.89. The Morgan fingerprint density at radius 3 is 2.25 bits per heavy atom. The van der Waals surface area contributed by atoms with Crippen LogP contribution in [-0.2, 0) is 4.79 Å². The van der Waals surface area contributed by atoms with Crippen molar-refractivity contribution in [2.24, 2.45) is 5.92 Å². The molecular weight excluding hydrogens is 202 g/mol. The molecule has 3 heteroatoms. The Morgan fingerprint density at radius 1 is 1.06 bits per heavy atom. The van der Waals surface area contributed by atoms with Gasteiger partial charge in [0.25, 0.3) is 0 Å². The van der Waals surface area contributed by atoms with Gasteiger partial charge in [-0.3, -0.25) is 4.79 Å². The van der Waals surface area contributed by atoms with Gasteiger partial charge in [-0.05, 0) is 44.7 Å². The van der Waals surface area contributed by atoms with Gasteiger partial charge in [0.15, 0.2) is 0 Å². The molecule has 1 saturated carbocycles. The van der Waals surface area contributed by atoms with E-state index in [2.05, 4.69) is 4.90 Å². The zero-order valence-corrected chi connectivity index (χ0v) is 10.0. The lowest BCUT2D eigenvalue weighted by molar-refractivity contribution is -0.138. The van der Waals surface area contributed by atoms with Gasteiger partial charge in [0.1, 0.15) is 0 Å². The Morgan fingerprint density at radius 2 is 1.69 bits per heavy atom. The maximum absolute atomic E-state index is 10.6. The van der Waals surface area contributed by atoms with Crippen LogP contribution in [0, 0.1) is 5.92 Å². The zero-order valence-electron chi connectivity index (χ0n) is 10.0. The van der Waals surface area contributed by atoms with Crippen molar-refractivity contribution in [3.8, 4) is 0 Å². The standard InChI is InChI=1S/C13H23NO2/c15-13(16)10-11-6-8-14(9-7-11)12-4-2-1-3-5-12/h11-12H,1-10H2,(H,15,16). The summed E-state index contributed by atoms with van der Waals surface area (Å²) in [6, 6.07) is 0.805. The topological polar surface area (TPSA) is 40.5 Å². The Kier molecular flexibility index (Phi) is 4.22. The first kappa shape index (κ1) is 11.9. The number of hydrogen-bond acceptors (Lipinski definition) is 2. The van der Waals surface area contributed by atoms with Crippen LogP contribution in [0.3, 0.4) is 0 Å². The molecule has 0 unspecified atom stereocenters. The maximum Gasteiger partial charge on any atom is 0.303 e. The van der Waals surface area contributed by atoms with Crippen molar-refractivity contribution < 1.29 is 9.90 Å². The molecule has 0 bridgehead atoms. The molecule has 0 spiro atoms. The lowest BCUT2D eigenvalue weighted by Gasteiger charge is -2.39. The molecular formula is C13H23NO2. The summed E-state index contributed by atoms with van der Waals surface area (Å²) >= 11 is 0. The minimum atomic E-state index is -0.629. The van der Waals surface area contributed by atoms with Gasteiger partial charge >= 0.3 is 5.97 Å². The Balaban J connectivity index is 1.73. The smallest absolute Gasteiger partial charge is 0.303 e. The molecule has 0 radical (unpaired) electrons. The number of rotatable bonds is 3. The Hall–Kier alpha value is -0.570. The molecule has 0 aromatic carbocycles. The molecule has 1 N–H and O–H groups in total. The summed E-state index contributed by atoms with van der Waals surface area (Å²) in [6.45, 7) is 2.26. The predicted octanol–water partition coefficient (Wildman–Crippen LogP) is 2.51. The van der Waals surface area contributed by atoms with E-state index in [4.69, 9.17) is 5.11 Å². The van der Waals surface area contributed by atoms with E-state index in [1.54, 1.807) is 0 Å². The summed E-state index contributed by atoms with van der Waals surface area (Å²) in [6.07, 6.45) is 9.46. The third kappa shape index (κ3) is 3.21. The molecule has 92 valence electrons. The van der Waals surface area contributed by atoms with Crippen molar-refractivity contribution in [2.75, 3.05) is 13.1 Å². The first-order valence-corrected chi connectivity index (χ1v) is 6.71. The number of carboxylic acid groups (broad SMARTS) is 1. The molecule has 2 rings (SSSR count). The van der Waals surface area contributed by atoms with Gasteiger partial charge in [-0.1, -0.05) is 19.3 Å². The van der Waals surface area contributed by atoms with Crippen LogP contribution in [-0.4, -0.2) is 35.1 Å². The highest BCUT2D eigenvalue weighted by molar-refractivity contribution is 5.67. The quantitative estimate of drug-likeness (QED) is 0.802. The van der Waals surface area contributed by atoms with Gasteiger partial charge in [-0.25, -0.2) is 0 Å². The van der Waals surface area contributed by atoms with E-state index in [1.165, 1.54) is 32.1 Å². The first-order chi connectivity index (χ1) is 7.75. The SMILES string of the molecule is O=C(O)CC1CCN(C2CCCCC2)CC1. The number of nitrogens with zero attached hydrogens (tertiary/aromatic N) is 1. The van der Waals surface area contributed by atoms with Crippen molar-refractivity contribution in [1.82, 2.24) is 4.90 Å². The van der Waals surface area contributed by atoms with Crippen LogP contribution >= 0.6 is 0 Å². The summed E-state index contributed by atoms with van der Waals surface area (Å²) in [5, 5.41) is 8.77. The molecule has 2 aliphatic rings. The van der Waals surface area contributed by atoms with Crippen LogP contribution in [0.15, 0.2) is 0 Å². The van der Waals surface area contributed by atoms with Crippen LogP contribution in [0.25, 0.3) is 0 Å². The van der Waals surface area contributed by atoms with E-state index in [-0.39, 0.29) is 0 Å². The summed E-state index contributed by atoms with van der Waals surface area (Å²) < 4.78 is 0. The number of carbonyl (C=O) groups is 1. The molecule has 0 aromatic heterocycles. The van der Waals surface area contributed by atoms with Crippen molar-refractivity contribution in [2.45, 2.75) is 57.4 Å². The molecule has 3 nitrogen and oxygen atoms in total. The molecule has 0 aromatic rings. The van der Waals surface area contributed by atoms with Gasteiger partial charge in [0.2, 0.25) is 0 Å². The monoisotopic (exact) mass is 225 g/mol. The molecule has 2 fully saturated rings. The van der Waals surface area contributed by atoms with E-state index in [9.17, 15) is 4.79 Å². The average molecular weight is 225 g/mol. The van der Waals surface area contributed by atoms with Crippen molar-refractivity contribution >= 4 is 5.97 Å². The molecule has 1 aliphatic heterocycles. The number of aliphatic carboxylic acids is 1. The largest absolute Gasteiger partial charge is 0.481 e. The molecule has 1 saturated heterocycles. The number of likely N-dealkylation sites (tertiary alicyclic amines) is 1. The second-order valence-corrected chi connectivity index (χ2v) is 5.37. The lowest BCUT2D eigenvalue weighted by Crippen LogP contribution is -2.42. The normalized spacial score (nSPS) is 25.8. The van der Waals surface area contributed by atoms with Crippen molar-refractivity contribution in [3.63, 3.8) is 0 Å². The van der Waals surface area contributed by atoms with Crippen LogP contribution in [0.2, 0.25) is 0 Å². The van der Waals surface area contributed by atoms with Crippen molar-refractivity contribution in [1.29, 1.82) is 0 Å². The number of piperidine rings is 1. The Bertz CT molecular complexity index is 228. The molecule has 16 heavy (non-hydrogen) atoms. The summed E-state index contributed by atoms with van der Waals surface area (Å²) in [7, 11) is 0. The molecule has 1 aliphatic carbocycles. The minimum Gasteiger partial charge on any atom is -0.481 e. The highest BCUT2D eigenvalue weighted by Gasteiger charge is 2.26. The van der Waals surface area contributed by atoms with Gasteiger partial charge in [0.05, 0.1) is 0 Å². The molecule has 1 heterocycles. The zero-order chi connectivity index (χ0) is 11.4. The highest BCUT2D eigenvalue weighted by Crippen LogP contribution is 2.28. The number of hydrogen-bond donors (Lipinski definition) is 1. The minimum absolute atomic E-state index is 0.374. The van der Waals surface area contributed by atoms with Crippen LogP contribution in [0.5, 0.6) is 0 Å². The second kappa shape index (κ2) is 5.67. The second-order valence-electron chi connectivity index (χ2n) is 5.37. The summed E-state index contributed by atoms with van der Waals surface area (Å²) in [5.74, 6) is -0.201. The van der Waals surface area contributed by atoms with Crippen LogP contribution < -0.4 is 0 Å². The predicted molar refractivity (Wildman–Crippen MR) is 63.4 cm³/mol. The molecule has 0 atom stereocenters. The summed E-state index contributed by atoms with van der Waals surface area (Å²) in [5.41, 5.74) is 0. The van der Waals surface area contributed by atoms with Gasteiger partial charge < -0.3 is 10.0 Å². The number of carboxylic acids is 1. The molecule has 0 amide bonds. The van der Waals surface area contributed by atoms with Gasteiger partial charge in [-0.15, -0.1) is 0 Å². The third-order valence-corrected chi connectivity index (χ3v) is 4.20. The highest BCUT2D eigenvalue weighted by atomic mass is 16.4.